The molecule has 0 aliphatic carbocycles. The summed E-state index contributed by atoms with van der Waals surface area (Å²) in [5, 5.41) is 0. The highest BCUT2D eigenvalue weighted by atomic mass is 79.9. The number of hydrogen-bond donors (Lipinski definition) is 0. The van der Waals surface area contributed by atoms with Crippen molar-refractivity contribution in [2.75, 3.05) is 7.11 Å². The van der Waals surface area contributed by atoms with Crippen LogP contribution in [-0.4, -0.2) is 13.1 Å². The maximum Gasteiger partial charge on any atom is 0.337 e. The predicted octanol–water partition coefficient (Wildman–Crippen LogP) is 5.48. The first-order valence-corrected chi connectivity index (χ1v) is 8.61. The van der Waals surface area contributed by atoms with Crippen LogP contribution in [0.1, 0.15) is 15.9 Å². The van der Waals surface area contributed by atoms with Crippen molar-refractivity contribution in [2.24, 2.45) is 0 Å². The van der Waals surface area contributed by atoms with Crippen molar-refractivity contribution in [1.82, 2.24) is 0 Å². The van der Waals surface area contributed by atoms with Gasteiger partial charge in [0.1, 0.15) is 12.4 Å². The van der Waals surface area contributed by atoms with Gasteiger partial charge in [0.25, 0.3) is 0 Å². The van der Waals surface area contributed by atoms with Gasteiger partial charge in [-0.25, -0.2) is 4.79 Å². The Bertz CT molecular complexity index is 858. The second-order valence-electron chi connectivity index (χ2n) is 5.48. The van der Waals surface area contributed by atoms with Gasteiger partial charge >= 0.3 is 5.97 Å². The lowest BCUT2D eigenvalue weighted by atomic mass is 10.0. The average Bonchev–Trinajstić information content (AvgIpc) is 2.67. The van der Waals surface area contributed by atoms with E-state index in [0.29, 0.717) is 12.2 Å². The van der Waals surface area contributed by atoms with Gasteiger partial charge in [0.15, 0.2) is 0 Å². The second kappa shape index (κ2) is 7.99. The first-order chi connectivity index (χ1) is 12.2. The van der Waals surface area contributed by atoms with E-state index in [1.54, 1.807) is 12.1 Å². The van der Waals surface area contributed by atoms with Crippen LogP contribution >= 0.6 is 15.9 Å². The zero-order valence-electron chi connectivity index (χ0n) is 13.7. The van der Waals surface area contributed by atoms with Crippen LogP contribution < -0.4 is 4.74 Å². The SMILES string of the molecule is COC(=O)c1ccc(-c2cc(Br)ccc2OCc2ccccc2)cc1. The average molecular weight is 397 g/mol. The monoisotopic (exact) mass is 396 g/mol. The molecule has 3 aromatic carbocycles. The van der Waals surface area contributed by atoms with E-state index >= 15 is 0 Å². The molecule has 0 atom stereocenters. The van der Waals surface area contributed by atoms with E-state index in [-0.39, 0.29) is 5.97 Å². The third kappa shape index (κ3) is 4.28. The summed E-state index contributed by atoms with van der Waals surface area (Å²) in [6, 6.07) is 23.2. The second-order valence-corrected chi connectivity index (χ2v) is 6.40. The van der Waals surface area contributed by atoms with E-state index < -0.39 is 0 Å². The molecule has 0 amide bonds. The van der Waals surface area contributed by atoms with Crippen LogP contribution in [-0.2, 0) is 11.3 Å². The van der Waals surface area contributed by atoms with Crippen LogP contribution in [0, 0.1) is 0 Å². The summed E-state index contributed by atoms with van der Waals surface area (Å²) in [4.78, 5) is 11.6. The lowest BCUT2D eigenvalue weighted by Crippen LogP contribution is -2.00. The fourth-order valence-corrected chi connectivity index (χ4v) is 2.85. The Hall–Kier alpha value is -2.59. The van der Waals surface area contributed by atoms with Crippen molar-refractivity contribution in [3.05, 3.63) is 88.4 Å². The number of hydrogen-bond acceptors (Lipinski definition) is 3. The Morgan fingerprint density at radius 3 is 2.36 bits per heavy atom. The van der Waals surface area contributed by atoms with Gasteiger partial charge in [0, 0.05) is 10.0 Å². The van der Waals surface area contributed by atoms with Crippen LogP contribution in [0.25, 0.3) is 11.1 Å². The summed E-state index contributed by atoms with van der Waals surface area (Å²) in [5.74, 6) is 0.444. The zero-order chi connectivity index (χ0) is 17.6. The minimum Gasteiger partial charge on any atom is -0.488 e. The van der Waals surface area contributed by atoms with Gasteiger partial charge < -0.3 is 9.47 Å². The van der Waals surface area contributed by atoms with Crippen LogP contribution in [0.15, 0.2) is 77.3 Å². The molecule has 0 saturated carbocycles. The highest BCUT2D eigenvalue weighted by Crippen LogP contribution is 2.33. The molecule has 0 spiro atoms. The Kier molecular flexibility index (Phi) is 5.51. The Labute approximate surface area is 155 Å². The summed E-state index contributed by atoms with van der Waals surface area (Å²) in [6.45, 7) is 0.496. The number of methoxy groups -OCH3 is 1. The molecule has 3 nitrogen and oxygen atoms in total. The van der Waals surface area contributed by atoms with Gasteiger partial charge in [-0.1, -0.05) is 58.4 Å². The van der Waals surface area contributed by atoms with Gasteiger partial charge in [-0.05, 0) is 41.5 Å². The molecule has 126 valence electrons. The molecule has 0 aliphatic rings. The molecule has 25 heavy (non-hydrogen) atoms. The standard InChI is InChI=1S/C21H17BrO3/c1-24-21(23)17-9-7-16(8-10-17)19-13-18(22)11-12-20(19)25-14-15-5-3-2-4-6-15/h2-13H,14H2,1H3. The molecule has 3 aromatic rings. The van der Waals surface area contributed by atoms with Crippen LogP contribution in [0.3, 0.4) is 0 Å². The van der Waals surface area contributed by atoms with E-state index in [9.17, 15) is 4.79 Å². The highest BCUT2D eigenvalue weighted by molar-refractivity contribution is 9.10. The molecule has 0 saturated heterocycles. The molecule has 0 bridgehead atoms. The summed E-state index contributed by atoms with van der Waals surface area (Å²) >= 11 is 3.51. The molecule has 3 rings (SSSR count). The molecule has 0 N–H and O–H groups in total. The van der Waals surface area contributed by atoms with Crippen molar-refractivity contribution in [1.29, 1.82) is 0 Å². The Morgan fingerprint density at radius 1 is 0.960 bits per heavy atom. The molecule has 0 aliphatic heterocycles. The summed E-state index contributed by atoms with van der Waals surface area (Å²) in [6.07, 6.45) is 0. The molecular weight excluding hydrogens is 380 g/mol. The minimum atomic E-state index is -0.346. The summed E-state index contributed by atoms with van der Waals surface area (Å²) in [5.41, 5.74) is 3.56. The molecule has 0 heterocycles. The van der Waals surface area contributed by atoms with Gasteiger partial charge in [0.2, 0.25) is 0 Å². The van der Waals surface area contributed by atoms with Gasteiger partial charge in [-0.15, -0.1) is 0 Å². The van der Waals surface area contributed by atoms with Crippen molar-refractivity contribution >= 4 is 21.9 Å². The summed E-state index contributed by atoms with van der Waals surface area (Å²) in [7, 11) is 1.38. The Morgan fingerprint density at radius 2 is 1.68 bits per heavy atom. The largest absolute Gasteiger partial charge is 0.488 e. The summed E-state index contributed by atoms with van der Waals surface area (Å²) < 4.78 is 11.7. The van der Waals surface area contributed by atoms with Gasteiger partial charge in [-0.3, -0.25) is 0 Å². The van der Waals surface area contributed by atoms with E-state index in [1.807, 2.05) is 60.7 Å². The van der Waals surface area contributed by atoms with Gasteiger partial charge in [-0.2, -0.15) is 0 Å². The van der Waals surface area contributed by atoms with Crippen molar-refractivity contribution < 1.29 is 14.3 Å². The molecule has 0 radical (unpaired) electrons. The number of benzene rings is 3. The molecule has 0 aromatic heterocycles. The lowest BCUT2D eigenvalue weighted by Gasteiger charge is -2.13. The molecule has 0 unspecified atom stereocenters. The number of rotatable bonds is 5. The van der Waals surface area contributed by atoms with E-state index in [2.05, 4.69) is 15.9 Å². The zero-order valence-corrected chi connectivity index (χ0v) is 15.3. The van der Waals surface area contributed by atoms with E-state index in [4.69, 9.17) is 9.47 Å². The predicted molar refractivity (Wildman–Crippen MR) is 102 cm³/mol. The fourth-order valence-electron chi connectivity index (χ4n) is 2.49. The van der Waals surface area contributed by atoms with E-state index in [1.165, 1.54) is 7.11 Å². The minimum absolute atomic E-state index is 0.346. The molecule has 4 heteroatoms. The lowest BCUT2D eigenvalue weighted by molar-refractivity contribution is 0.0601. The highest BCUT2D eigenvalue weighted by Gasteiger charge is 2.10. The molecule has 0 fully saturated rings. The normalized spacial score (nSPS) is 10.3. The smallest absolute Gasteiger partial charge is 0.337 e. The van der Waals surface area contributed by atoms with Crippen LogP contribution in [0.5, 0.6) is 5.75 Å². The maximum absolute atomic E-state index is 11.6. The van der Waals surface area contributed by atoms with Crippen molar-refractivity contribution in [3.8, 4) is 16.9 Å². The van der Waals surface area contributed by atoms with Crippen LogP contribution in [0.2, 0.25) is 0 Å². The Balaban J connectivity index is 1.87. The topological polar surface area (TPSA) is 35.5 Å². The number of carbonyl (C=O) groups excluding carboxylic acids is 1. The number of carbonyl (C=O) groups is 1. The first kappa shape index (κ1) is 17.2. The van der Waals surface area contributed by atoms with Crippen molar-refractivity contribution in [3.63, 3.8) is 0 Å². The third-order valence-electron chi connectivity index (χ3n) is 3.80. The maximum atomic E-state index is 11.6. The first-order valence-electron chi connectivity index (χ1n) is 7.82. The third-order valence-corrected chi connectivity index (χ3v) is 4.29. The van der Waals surface area contributed by atoms with Gasteiger partial charge in [0.05, 0.1) is 12.7 Å². The number of ether oxygens (including phenoxy) is 2. The fraction of sp³-hybridized carbons (Fsp3) is 0.0952. The molecular formula is C21H17BrO3. The van der Waals surface area contributed by atoms with Crippen LogP contribution in [0.4, 0.5) is 0 Å². The van der Waals surface area contributed by atoms with E-state index in [0.717, 1.165) is 26.9 Å². The van der Waals surface area contributed by atoms with Crippen molar-refractivity contribution in [2.45, 2.75) is 6.61 Å². The number of esters is 1. The number of halogens is 1. The quantitative estimate of drug-likeness (QED) is 0.535.